The van der Waals surface area contributed by atoms with Crippen molar-refractivity contribution in [3.63, 3.8) is 0 Å². The third kappa shape index (κ3) is 2.50. The van der Waals surface area contributed by atoms with E-state index in [1.807, 2.05) is 26.6 Å². The number of nitrogens with zero attached hydrogens (tertiary/aromatic N) is 3. The fourth-order valence-electron chi connectivity index (χ4n) is 4.61. The van der Waals surface area contributed by atoms with Crippen molar-refractivity contribution in [3.8, 4) is 0 Å². The van der Waals surface area contributed by atoms with Crippen LogP contribution in [-0.4, -0.2) is 48.2 Å². The molecule has 1 saturated heterocycles. The van der Waals surface area contributed by atoms with Gasteiger partial charge < -0.3 is 20.2 Å². The minimum Gasteiger partial charge on any atom is -0.477 e. The fourth-order valence-corrected chi connectivity index (χ4v) is 5.65. The minimum atomic E-state index is -1.28. The summed E-state index contributed by atoms with van der Waals surface area (Å²) >= 11 is 1.25. The Hall–Kier alpha value is -2.65. The van der Waals surface area contributed by atoms with Crippen LogP contribution in [0, 0.1) is 5.82 Å². The van der Waals surface area contributed by atoms with Gasteiger partial charge in [0.2, 0.25) is 5.43 Å². The summed E-state index contributed by atoms with van der Waals surface area (Å²) in [5.41, 5.74) is 1.74. The van der Waals surface area contributed by atoms with Crippen LogP contribution >= 0.6 is 11.3 Å². The number of nitrogens with one attached hydrogen (secondary N) is 1. The molecule has 1 atom stereocenters. The zero-order valence-corrected chi connectivity index (χ0v) is 17.0. The Balaban J connectivity index is 1.89. The topological polar surface area (TPSA) is 77.3 Å². The van der Waals surface area contributed by atoms with Gasteiger partial charge in [0, 0.05) is 38.1 Å². The van der Waals surface area contributed by atoms with E-state index in [1.54, 1.807) is 0 Å². The van der Waals surface area contributed by atoms with Crippen LogP contribution in [0.2, 0.25) is 0 Å². The Bertz CT molecular complexity index is 1230. The van der Waals surface area contributed by atoms with Crippen LogP contribution in [0.3, 0.4) is 0 Å². The monoisotopic (exact) mass is 416 g/mol. The molecule has 29 heavy (non-hydrogen) atoms. The maximum absolute atomic E-state index is 15.4. The second-order valence-corrected chi connectivity index (χ2v) is 8.55. The number of carboxylic acids is 1. The quantitative estimate of drug-likeness (QED) is 0.683. The van der Waals surface area contributed by atoms with Crippen LogP contribution in [-0.2, 0) is 6.54 Å². The average Bonchev–Trinajstić information content (AvgIpc) is 3.10. The van der Waals surface area contributed by atoms with Gasteiger partial charge in [0.25, 0.3) is 0 Å². The van der Waals surface area contributed by atoms with Crippen molar-refractivity contribution in [2.75, 3.05) is 36.5 Å². The number of anilines is 2. The summed E-state index contributed by atoms with van der Waals surface area (Å²) in [6, 6.07) is 1.49. The van der Waals surface area contributed by atoms with Gasteiger partial charge in [-0.25, -0.2) is 9.18 Å². The molecule has 1 fully saturated rings. The maximum Gasteiger partial charge on any atom is 0.342 e. The van der Waals surface area contributed by atoms with E-state index < -0.39 is 17.2 Å². The molecule has 2 aliphatic heterocycles. The molecule has 2 N–H and O–H groups in total. The summed E-state index contributed by atoms with van der Waals surface area (Å²) in [5, 5.41) is 15.1. The van der Waals surface area contributed by atoms with Gasteiger partial charge in [0.1, 0.15) is 16.2 Å². The lowest BCUT2D eigenvalue weighted by Gasteiger charge is -2.39. The SMILES string of the molecule is CCC1CN(c2c(F)cc3c(=O)c(C(=O)O)c4scc5n4c3c2N(C)C5)CCN1. The summed E-state index contributed by atoms with van der Waals surface area (Å²) in [7, 11) is 1.89. The number of carbonyl (C=O) groups is 1. The van der Waals surface area contributed by atoms with E-state index in [2.05, 4.69) is 12.2 Å². The first-order valence-corrected chi connectivity index (χ1v) is 10.5. The molecule has 0 spiro atoms. The molecule has 9 heteroatoms. The fraction of sp³-hybridized carbons (Fsp3) is 0.400. The van der Waals surface area contributed by atoms with Crippen molar-refractivity contribution >= 4 is 44.4 Å². The highest BCUT2D eigenvalue weighted by atomic mass is 32.1. The van der Waals surface area contributed by atoms with Crippen LogP contribution in [0.1, 0.15) is 29.4 Å². The number of pyridine rings is 1. The molecular formula is C20H21FN4O3S. The smallest absolute Gasteiger partial charge is 0.342 e. The van der Waals surface area contributed by atoms with Gasteiger partial charge in [0.05, 0.1) is 34.5 Å². The number of hydrogen-bond donors (Lipinski definition) is 2. The van der Waals surface area contributed by atoms with Crippen molar-refractivity contribution in [1.29, 1.82) is 0 Å². The number of halogens is 1. The second-order valence-electron chi connectivity index (χ2n) is 7.69. The zero-order valence-electron chi connectivity index (χ0n) is 16.2. The molecule has 1 unspecified atom stereocenters. The molecule has 0 saturated carbocycles. The standard InChI is InChI=1S/C20H21FN4O3S/c1-3-10-7-24(5-4-22-10)16-13(21)6-12-15-17(16)23(2)8-11-9-29-19(25(11)15)14(18(12)26)20(27)28/h6,9-10,22H,3-5,7-8H2,1-2H3,(H,27,28). The molecule has 0 bridgehead atoms. The number of aromatic carboxylic acids is 1. The normalized spacial score (nSPS) is 18.9. The van der Waals surface area contributed by atoms with E-state index in [1.165, 1.54) is 17.4 Å². The lowest BCUT2D eigenvalue weighted by atomic mass is 10.0. The van der Waals surface area contributed by atoms with E-state index in [0.717, 1.165) is 18.7 Å². The van der Waals surface area contributed by atoms with Crippen molar-refractivity contribution in [3.05, 3.63) is 38.7 Å². The Morgan fingerprint density at radius 2 is 2.21 bits per heavy atom. The highest BCUT2D eigenvalue weighted by Gasteiger charge is 2.32. The highest BCUT2D eigenvalue weighted by molar-refractivity contribution is 7.16. The van der Waals surface area contributed by atoms with Crippen molar-refractivity contribution in [2.24, 2.45) is 0 Å². The summed E-state index contributed by atoms with van der Waals surface area (Å²) in [5.74, 6) is -1.76. The number of benzene rings is 1. The minimum absolute atomic E-state index is 0.115. The van der Waals surface area contributed by atoms with E-state index in [0.29, 0.717) is 41.4 Å². The molecule has 152 valence electrons. The summed E-state index contributed by atoms with van der Waals surface area (Å²) in [6.45, 7) is 4.73. The molecule has 0 aliphatic carbocycles. The lowest BCUT2D eigenvalue weighted by Crippen LogP contribution is -2.51. The van der Waals surface area contributed by atoms with Crippen molar-refractivity contribution < 1.29 is 14.3 Å². The predicted octanol–water partition coefficient (Wildman–Crippen LogP) is 2.49. The summed E-state index contributed by atoms with van der Waals surface area (Å²) < 4.78 is 17.3. The molecule has 0 radical (unpaired) electrons. The van der Waals surface area contributed by atoms with Gasteiger partial charge in [-0.1, -0.05) is 6.92 Å². The van der Waals surface area contributed by atoms with E-state index >= 15 is 4.39 Å². The summed E-state index contributed by atoms with van der Waals surface area (Å²) in [6.07, 6.45) is 0.942. The first-order chi connectivity index (χ1) is 13.9. The molecule has 2 aromatic heterocycles. The first kappa shape index (κ1) is 18.4. The number of carboxylic acid groups (broad SMARTS) is 1. The van der Waals surface area contributed by atoms with Crippen molar-refractivity contribution in [1.82, 2.24) is 9.72 Å². The van der Waals surface area contributed by atoms with Crippen LogP contribution in [0.4, 0.5) is 15.8 Å². The number of hydrogen-bond acceptors (Lipinski definition) is 6. The third-order valence-electron chi connectivity index (χ3n) is 5.97. The third-order valence-corrected chi connectivity index (χ3v) is 6.97. The summed E-state index contributed by atoms with van der Waals surface area (Å²) in [4.78, 5) is 29.2. The van der Waals surface area contributed by atoms with Gasteiger partial charge in [-0.3, -0.25) is 9.20 Å². The molecular weight excluding hydrogens is 395 g/mol. The average molecular weight is 416 g/mol. The van der Waals surface area contributed by atoms with Crippen LogP contribution in [0.15, 0.2) is 16.2 Å². The van der Waals surface area contributed by atoms with Crippen LogP contribution in [0.25, 0.3) is 15.7 Å². The Morgan fingerprint density at radius 1 is 1.41 bits per heavy atom. The van der Waals surface area contributed by atoms with Crippen LogP contribution in [0.5, 0.6) is 0 Å². The van der Waals surface area contributed by atoms with E-state index in [4.69, 9.17) is 0 Å². The first-order valence-electron chi connectivity index (χ1n) is 9.66. The number of rotatable bonds is 3. The van der Waals surface area contributed by atoms with Crippen molar-refractivity contribution in [2.45, 2.75) is 25.9 Å². The Labute approximate surface area is 170 Å². The van der Waals surface area contributed by atoms with Gasteiger partial charge in [-0.05, 0) is 12.5 Å². The van der Waals surface area contributed by atoms with Gasteiger partial charge in [-0.2, -0.15) is 0 Å². The number of thiazole rings is 1. The van der Waals surface area contributed by atoms with E-state index in [9.17, 15) is 14.7 Å². The molecule has 7 nitrogen and oxygen atoms in total. The van der Waals surface area contributed by atoms with Gasteiger partial charge in [-0.15, -0.1) is 11.3 Å². The van der Waals surface area contributed by atoms with E-state index in [-0.39, 0.29) is 17.0 Å². The Kier molecular flexibility index (Phi) is 4.08. The highest BCUT2D eigenvalue weighted by Crippen LogP contribution is 2.43. The largest absolute Gasteiger partial charge is 0.477 e. The molecule has 5 rings (SSSR count). The molecule has 4 heterocycles. The molecule has 3 aromatic rings. The maximum atomic E-state index is 15.4. The van der Waals surface area contributed by atoms with Gasteiger partial charge >= 0.3 is 5.97 Å². The molecule has 0 amide bonds. The number of piperazine rings is 1. The predicted molar refractivity (Wildman–Crippen MR) is 112 cm³/mol. The van der Waals surface area contributed by atoms with Gasteiger partial charge in [0.15, 0.2) is 0 Å². The molecule has 2 aliphatic rings. The lowest BCUT2D eigenvalue weighted by molar-refractivity contribution is 0.0697. The second kappa shape index (κ2) is 6.43. The zero-order chi connectivity index (χ0) is 20.4. The Morgan fingerprint density at radius 3 is 2.93 bits per heavy atom. The number of aromatic nitrogens is 1. The molecule has 1 aromatic carbocycles. The van der Waals surface area contributed by atoms with Crippen LogP contribution < -0.4 is 20.5 Å².